The van der Waals surface area contributed by atoms with Gasteiger partial charge in [0.05, 0.1) is 6.61 Å². The standard InChI is InChI=1S/C15H21NO2/c1-3-10-18-13-6-4-12(5-7-13)15(2)9-8-14(17)16-11-15/h4-7H,3,8-11H2,1-2H3,(H,16,17). The van der Waals surface area contributed by atoms with Crippen LogP contribution in [0.3, 0.4) is 0 Å². The SMILES string of the molecule is CCCOc1ccc(C2(C)CCC(=O)NC2)cc1. The highest BCUT2D eigenvalue weighted by atomic mass is 16.5. The van der Waals surface area contributed by atoms with Crippen LogP contribution in [0.2, 0.25) is 0 Å². The fraction of sp³-hybridized carbons (Fsp3) is 0.533. The van der Waals surface area contributed by atoms with Gasteiger partial charge in [-0.25, -0.2) is 0 Å². The number of rotatable bonds is 4. The van der Waals surface area contributed by atoms with Crippen LogP contribution < -0.4 is 10.1 Å². The number of nitrogens with one attached hydrogen (secondary N) is 1. The van der Waals surface area contributed by atoms with E-state index in [9.17, 15) is 4.79 Å². The Balaban J connectivity index is 2.06. The van der Waals surface area contributed by atoms with Gasteiger partial charge in [0, 0.05) is 18.4 Å². The van der Waals surface area contributed by atoms with Crippen LogP contribution in [0.1, 0.15) is 38.7 Å². The molecule has 1 aromatic carbocycles. The van der Waals surface area contributed by atoms with Crippen molar-refractivity contribution in [2.45, 2.75) is 38.5 Å². The van der Waals surface area contributed by atoms with Crippen molar-refractivity contribution in [3.05, 3.63) is 29.8 Å². The maximum atomic E-state index is 11.2. The summed E-state index contributed by atoms with van der Waals surface area (Å²) in [6.07, 6.45) is 2.55. The molecule has 1 aliphatic heterocycles. The molecule has 1 aromatic rings. The van der Waals surface area contributed by atoms with Crippen molar-refractivity contribution in [1.29, 1.82) is 0 Å². The first-order valence-electron chi connectivity index (χ1n) is 6.64. The number of hydrogen-bond donors (Lipinski definition) is 1. The maximum Gasteiger partial charge on any atom is 0.220 e. The Labute approximate surface area is 109 Å². The van der Waals surface area contributed by atoms with Crippen molar-refractivity contribution in [2.24, 2.45) is 0 Å². The molecule has 18 heavy (non-hydrogen) atoms. The largest absolute Gasteiger partial charge is 0.494 e. The molecule has 3 heteroatoms. The van der Waals surface area contributed by atoms with Crippen molar-refractivity contribution in [1.82, 2.24) is 5.32 Å². The van der Waals surface area contributed by atoms with E-state index in [1.54, 1.807) is 0 Å². The fourth-order valence-corrected chi connectivity index (χ4v) is 2.28. The second kappa shape index (κ2) is 5.42. The maximum absolute atomic E-state index is 11.2. The molecular weight excluding hydrogens is 226 g/mol. The number of piperidine rings is 1. The molecule has 1 amide bonds. The summed E-state index contributed by atoms with van der Waals surface area (Å²) in [7, 11) is 0. The molecule has 2 rings (SSSR count). The summed E-state index contributed by atoms with van der Waals surface area (Å²) in [5.41, 5.74) is 1.32. The summed E-state index contributed by atoms with van der Waals surface area (Å²) in [4.78, 5) is 11.2. The number of ether oxygens (including phenoxy) is 1. The molecule has 0 aliphatic carbocycles. The average molecular weight is 247 g/mol. The van der Waals surface area contributed by atoms with Gasteiger partial charge in [0.1, 0.15) is 5.75 Å². The van der Waals surface area contributed by atoms with Crippen LogP contribution >= 0.6 is 0 Å². The van der Waals surface area contributed by atoms with E-state index in [4.69, 9.17) is 4.74 Å². The Hall–Kier alpha value is -1.51. The Morgan fingerprint density at radius 3 is 2.61 bits per heavy atom. The van der Waals surface area contributed by atoms with Gasteiger partial charge in [-0.05, 0) is 30.5 Å². The third-order valence-corrected chi connectivity index (χ3v) is 3.60. The molecule has 0 radical (unpaired) electrons. The minimum absolute atomic E-state index is 0.0528. The van der Waals surface area contributed by atoms with Crippen molar-refractivity contribution in [3.63, 3.8) is 0 Å². The van der Waals surface area contributed by atoms with Gasteiger partial charge in [0.15, 0.2) is 0 Å². The van der Waals surface area contributed by atoms with Gasteiger partial charge >= 0.3 is 0 Å². The van der Waals surface area contributed by atoms with Crippen LogP contribution in [0.5, 0.6) is 5.75 Å². The van der Waals surface area contributed by atoms with Gasteiger partial charge in [-0.2, -0.15) is 0 Å². The normalized spacial score (nSPS) is 23.6. The minimum atomic E-state index is 0.0528. The molecule has 0 spiro atoms. The number of carbonyl (C=O) groups is 1. The molecule has 3 nitrogen and oxygen atoms in total. The van der Waals surface area contributed by atoms with E-state index in [1.807, 2.05) is 12.1 Å². The number of carbonyl (C=O) groups excluding carboxylic acids is 1. The zero-order chi connectivity index (χ0) is 13.0. The van der Waals surface area contributed by atoms with E-state index < -0.39 is 0 Å². The highest BCUT2D eigenvalue weighted by Gasteiger charge is 2.31. The van der Waals surface area contributed by atoms with Crippen LogP contribution in [-0.4, -0.2) is 19.1 Å². The van der Waals surface area contributed by atoms with E-state index in [1.165, 1.54) is 5.56 Å². The summed E-state index contributed by atoms with van der Waals surface area (Å²) < 4.78 is 5.58. The van der Waals surface area contributed by atoms with E-state index in [0.717, 1.165) is 31.7 Å². The molecule has 98 valence electrons. The third-order valence-electron chi connectivity index (χ3n) is 3.60. The highest BCUT2D eigenvalue weighted by Crippen LogP contribution is 2.31. The monoisotopic (exact) mass is 247 g/mol. The minimum Gasteiger partial charge on any atom is -0.494 e. The Morgan fingerprint density at radius 1 is 1.33 bits per heavy atom. The zero-order valence-corrected chi connectivity index (χ0v) is 11.2. The van der Waals surface area contributed by atoms with Crippen molar-refractivity contribution in [2.75, 3.05) is 13.2 Å². The van der Waals surface area contributed by atoms with E-state index >= 15 is 0 Å². The quantitative estimate of drug-likeness (QED) is 0.888. The van der Waals surface area contributed by atoms with Gasteiger partial charge in [-0.3, -0.25) is 4.79 Å². The van der Waals surface area contributed by atoms with Crippen molar-refractivity contribution < 1.29 is 9.53 Å². The van der Waals surface area contributed by atoms with Gasteiger partial charge in [-0.1, -0.05) is 26.0 Å². The lowest BCUT2D eigenvalue weighted by molar-refractivity contribution is -0.123. The van der Waals surface area contributed by atoms with Crippen molar-refractivity contribution >= 4 is 5.91 Å². The number of amides is 1. The molecular formula is C15H21NO2. The van der Waals surface area contributed by atoms with E-state index in [-0.39, 0.29) is 11.3 Å². The first-order valence-corrected chi connectivity index (χ1v) is 6.64. The molecule has 1 aliphatic rings. The van der Waals surface area contributed by atoms with Gasteiger partial charge in [-0.15, -0.1) is 0 Å². The third kappa shape index (κ3) is 2.84. The summed E-state index contributed by atoms with van der Waals surface area (Å²) in [5, 5.41) is 2.95. The predicted molar refractivity (Wildman–Crippen MR) is 71.8 cm³/mol. The fourth-order valence-electron chi connectivity index (χ4n) is 2.28. The summed E-state index contributed by atoms with van der Waals surface area (Å²) in [6, 6.07) is 8.27. The van der Waals surface area contributed by atoms with Crippen LogP contribution in [0, 0.1) is 0 Å². The Bertz CT molecular complexity index is 401. The molecule has 0 aromatic heterocycles. The lowest BCUT2D eigenvalue weighted by Gasteiger charge is -2.34. The van der Waals surface area contributed by atoms with E-state index in [2.05, 4.69) is 31.3 Å². The zero-order valence-electron chi connectivity index (χ0n) is 11.2. The topological polar surface area (TPSA) is 38.3 Å². The van der Waals surface area contributed by atoms with Gasteiger partial charge in [0.2, 0.25) is 5.91 Å². The van der Waals surface area contributed by atoms with E-state index in [0.29, 0.717) is 6.42 Å². The molecule has 1 N–H and O–H groups in total. The van der Waals surface area contributed by atoms with Crippen molar-refractivity contribution in [3.8, 4) is 5.75 Å². The summed E-state index contributed by atoms with van der Waals surface area (Å²) in [5.74, 6) is 1.08. The summed E-state index contributed by atoms with van der Waals surface area (Å²) >= 11 is 0. The average Bonchev–Trinajstić information content (AvgIpc) is 2.40. The Kier molecular flexibility index (Phi) is 3.90. The Morgan fingerprint density at radius 2 is 2.06 bits per heavy atom. The lowest BCUT2D eigenvalue weighted by atomic mass is 9.76. The molecule has 1 fully saturated rings. The second-order valence-corrected chi connectivity index (χ2v) is 5.21. The van der Waals surface area contributed by atoms with Crippen LogP contribution in [0.4, 0.5) is 0 Å². The predicted octanol–water partition coefficient (Wildman–Crippen LogP) is 2.64. The molecule has 0 saturated carbocycles. The van der Waals surface area contributed by atoms with Gasteiger partial charge < -0.3 is 10.1 Å². The van der Waals surface area contributed by atoms with Crippen LogP contribution in [0.25, 0.3) is 0 Å². The molecule has 0 bridgehead atoms. The van der Waals surface area contributed by atoms with Crippen LogP contribution in [-0.2, 0) is 10.2 Å². The first-order chi connectivity index (χ1) is 8.64. The smallest absolute Gasteiger partial charge is 0.220 e. The second-order valence-electron chi connectivity index (χ2n) is 5.21. The van der Waals surface area contributed by atoms with Crippen LogP contribution in [0.15, 0.2) is 24.3 Å². The summed E-state index contributed by atoms with van der Waals surface area (Å²) in [6.45, 7) is 5.78. The highest BCUT2D eigenvalue weighted by molar-refractivity contribution is 5.77. The molecule has 1 unspecified atom stereocenters. The lowest BCUT2D eigenvalue weighted by Crippen LogP contribution is -2.44. The molecule has 1 heterocycles. The molecule has 1 saturated heterocycles. The number of benzene rings is 1. The van der Waals surface area contributed by atoms with Gasteiger partial charge in [0.25, 0.3) is 0 Å². The first kappa shape index (κ1) is 12.9. The number of hydrogen-bond acceptors (Lipinski definition) is 2. The molecule has 1 atom stereocenters.